The Morgan fingerprint density at radius 1 is 0.917 bits per heavy atom. The van der Waals surface area contributed by atoms with Gasteiger partial charge in [-0.05, 0) is 58.7 Å². The van der Waals surface area contributed by atoms with Gasteiger partial charge in [0.1, 0.15) is 5.78 Å². The Morgan fingerprint density at radius 3 is 2.25 bits per heavy atom. The highest BCUT2D eigenvalue weighted by Gasteiger charge is 2.41. The topological polar surface area (TPSA) is 67.8 Å². The summed E-state index contributed by atoms with van der Waals surface area (Å²) in [7, 11) is 1.37. The third kappa shape index (κ3) is 4.58. The van der Waals surface area contributed by atoms with E-state index in [0.717, 1.165) is 29.1 Å². The number of aliphatic imine (C=N–C) groups is 1. The maximum atomic E-state index is 13.8. The van der Waals surface area contributed by atoms with Crippen LogP contribution in [0.2, 0.25) is 0 Å². The minimum atomic E-state index is -0.378. The van der Waals surface area contributed by atoms with Crippen LogP contribution in [-0.4, -0.2) is 24.6 Å². The van der Waals surface area contributed by atoms with Crippen LogP contribution in [0.3, 0.4) is 0 Å². The Bertz CT molecular complexity index is 1320. The molecule has 1 heterocycles. The van der Waals surface area contributed by atoms with Gasteiger partial charge in [-0.1, -0.05) is 69.3 Å². The van der Waals surface area contributed by atoms with Crippen molar-refractivity contribution < 1.29 is 14.3 Å². The predicted octanol–water partition coefficient (Wildman–Crippen LogP) is 6.77. The number of anilines is 1. The Kier molecular flexibility index (Phi) is 6.25. The molecule has 1 aliphatic carbocycles. The van der Waals surface area contributed by atoms with Gasteiger partial charge in [-0.15, -0.1) is 0 Å². The van der Waals surface area contributed by atoms with Gasteiger partial charge in [-0.3, -0.25) is 9.79 Å². The minimum absolute atomic E-state index is 0.0867. The molecule has 3 aromatic rings. The first-order valence-electron chi connectivity index (χ1n) is 12.5. The lowest BCUT2D eigenvalue weighted by atomic mass is 9.72. The standard InChI is InChI=1S/C31H32N2O3/c1-31(2,3)23-15-13-19(14-16-23)22-17-26-28(27(34)18-22)29(33-25-8-6-5-7-24(25)32-26)20-9-11-21(12-10-20)30(35)36-4/h5-16,22,28-29,33H,17-18H2,1-4H3. The van der Waals surface area contributed by atoms with Crippen molar-refractivity contribution in [1.29, 1.82) is 0 Å². The van der Waals surface area contributed by atoms with Gasteiger partial charge in [0.15, 0.2) is 0 Å². The van der Waals surface area contributed by atoms with Crippen LogP contribution in [0.5, 0.6) is 0 Å². The number of rotatable bonds is 3. The van der Waals surface area contributed by atoms with E-state index in [2.05, 4.69) is 50.4 Å². The molecule has 0 spiro atoms. The normalized spacial score (nSPS) is 21.4. The van der Waals surface area contributed by atoms with Crippen molar-refractivity contribution in [3.8, 4) is 0 Å². The van der Waals surface area contributed by atoms with Crippen LogP contribution in [0.15, 0.2) is 77.8 Å². The van der Waals surface area contributed by atoms with E-state index in [1.165, 1.54) is 18.2 Å². The van der Waals surface area contributed by atoms with Crippen molar-refractivity contribution in [2.24, 2.45) is 10.9 Å². The van der Waals surface area contributed by atoms with Gasteiger partial charge in [0.25, 0.3) is 0 Å². The molecule has 5 nitrogen and oxygen atoms in total. The van der Waals surface area contributed by atoms with E-state index in [9.17, 15) is 9.59 Å². The molecule has 0 bridgehead atoms. The van der Waals surface area contributed by atoms with E-state index >= 15 is 0 Å². The first kappa shape index (κ1) is 24.0. The maximum Gasteiger partial charge on any atom is 0.337 e. The molecule has 1 aliphatic heterocycles. The molecule has 2 aliphatic rings. The van der Waals surface area contributed by atoms with E-state index < -0.39 is 0 Å². The fourth-order valence-corrected chi connectivity index (χ4v) is 5.31. The molecule has 3 unspecified atom stereocenters. The highest BCUT2D eigenvalue weighted by Crippen LogP contribution is 2.44. The lowest BCUT2D eigenvalue weighted by Crippen LogP contribution is -2.38. The Balaban J connectivity index is 1.51. The minimum Gasteiger partial charge on any atom is -0.465 e. The molecular formula is C31H32N2O3. The highest BCUT2D eigenvalue weighted by molar-refractivity contribution is 6.11. The summed E-state index contributed by atoms with van der Waals surface area (Å²) in [5.74, 6) is -0.454. The number of ether oxygens (including phenoxy) is 1. The molecular weight excluding hydrogens is 448 g/mol. The summed E-state index contributed by atoms with van der Waals surface area (Å²) in [4.78, 5) is 30.7. The number of carbonyl (C=O) groups is 2. The van der Waals surface area contributed by atoms with Gasteiger partial charge in [0.2, 0.25) is 0 Å². The van der Waals surface area contributed by atoms with Crippen molar-refractivity contribution in [3.63, 3.8) is 0 Å². The van der Waals surface area contributed by atoms with Gasteiger partial charge < -0.3 is 10.1 Å². The van der Waals surface area contributed by atoms with Crippen molar-refractivity contribution >= 4 is 28.8 Å². The molecule has 5 heteroatoms. The zero-order valence-corrected chi connectivity index (χ0v) is 21.2. The summed E-state index contributed by atoms with van der Waals surface area (Å²) in [6.07, 6.45) is 1.21. The second kappa shape index (κ2) is 9.38. The van der Waals surface area contributed by atoms with Gasteiger partial charge in [-0.2, -0.15) is 0 Å². The molecule has 5 rings (SSSR count). The van der Waals surface area contributed by atoms with Gasteiger partial charge in [0.05, 0.1) is 36.0 Å². The average Bonchev–Trinajstić information content (AvgIpc) is 3.05. The van der Waals surface area contributed by atoms with Crippen LogP contribution in [0.1, 0.15) is 72.6 Å². The van der Waals surface area contributed by atoms with Gasteiger partial charge >= 0.3 is 5.97 Å². The van der Waals surface area contributed by atoms with Gasteiger partial charge in [-0.25, -0.2) is 4.79 Å². The molecule has 0 saturated heterocycles. The van der Waals surface area contributed by atoms with E-state index in [-0.39, 0.29) is 35.0 Å². The highest BCUT2D eigenvalue weighted by atomic mass is 16.5. The predicted molar refractivity (Wildman–Crippen MR) is 143 cm³/mol. The monoisotopic (exact) mass is 480 g/mol. The zero-order valence-electron chi connectivity index (χ0n) is 21.2. The summed E-state index contributed by atoms with van der Waals surface area (Å²) in [6.45, 7) is 6.62. The first-order valence-corrected chi connectivity index (χ1v) is 12.5. The fourth-order valence-electron chi connectivity index (χ4n) is 5.31. The maximum absolute atomic E-state index is 13.8. The van der Waals surface area contributed by atoms with Crippen LogP contribution < -0.4 is 5.32 Å². The molecule has 184 valence electrons. The summed E-state index contributed by atoms with van der Waals surface area (Å²) in [5, 5.41) is 3.60. The van der Waals surface area contributed by atoms with E-state index in [1.807, 2.05) is 36.4 Å². The van der Waals surface area contributed by atoms with Crippen LogP contribution in [-0.2, 0) is 14.9 Å². The molecule has 1 N–H and O–H groups in total. The number of nitrogens with zero attached hydrogens (tertiary/aromatic N) is 1. The average molecular weight is 481 g/mol. The van der Waals surface area contributed by atoms with Crippen molar-refractivity contribution in [1.82, 2.24) is 0 Å². The lowest BCUT2D eigenvalue weighted by Gasteiger charge is -2.34. The molecule has 1 fully saturated rings. The molecule has 0 aromatic heterocycles. The SMILES string of the molecule is COC(=O)c1ccc(C2Nc3ccccc3N=C3CC(c4ccc(C(C)(C)C)cc4)CC(=O)C32)cc1. The summed E-state index contributed by atoms with van der Waals surface area (Å²) >= 11 is 0. The Morgan fingerprint density at radius 2 is 1.58 bits per heavy atom. The summed E-state index contributed by atoms with van der Waals surface area (Å²) in [6, 6.07) is 23.7. The quantitative estimate of drug-likeness (QED) is 0.420. The van der Waals surface area contributed by atoms with E-state index in [0.29, 0.717) is 12.0 Å². The number of benzene rings is 3. The van der Waals surface area contributed by atoms with Crippen LogP contribution >= 0.6 is 0 Å². The number of nitrogens with one attached hydrogen (secondary N) is 1. The second-order valence-corrected chi connectivity index (χ2v) is 10.8. The smallest absolute Gasteiger partial charge is 0.337 e. The van der Waals surface area contributed by atoms with Crippen LogP contribution in [0, 0.1) is 5.92 Å². The number of hydrogen-bond acceptors (Lipinski definition) is 5. The number of para-hydroxylation sites is 2. The Hall–Kier alpha value is -3.73. The molecule has 3 atom stereocenters. The van der Waals surface area contributed by atoms with E-state index in [4.69, 9.17) is 9.73 Å². The van der Waals surface area contributed by atoms with E-state index in [1.54, 1.807) is 12.1 Å². The summed E-state index contributed by atoms with van der Waals surface area (Å²) < 4.78 is 4.84. The fraction of sp³-hybridized carbons (Fsp3) is 0.323. The number of carbonyl (C=O) groups excluding carboxylic acids is 2. The second-order valence-electron chi connectivity index (χ2n) is 10.8. The number of ketones is 1. The molecule has 1 saturated carbocycles. The number of hydrogen-bond donors (Lipinski definition) is 1. The molecule has 0 amide bonds. The third-order valence-corrected chi connectivity index (χ3v) is 7.36. The number of methoxy groups -OCH3 is 1. The summed E-state index contributed by atoms with van der Waals surface area (Å²) in [5.41, 5.74) is 6.65. The number of Topliss-reactive ketones (excluding diaryl/α,β-unsaturated/α-hetero) is 1. The number of esters is 1. The largest absolute Gasteiger partial charge is 0.465 e. The van der Waals surface area contributed by atoms with Crippen molar-refractivity contribution in [3.05, 3.63) is 95.1 Å². The molecule has 0 radical (unpaired) electrons. The van der Waals surface area contributed by atoms with Crippen LogP contribution in [0.4, 0.5) is 11.4 Å². The first-order chi connectivity index (χ1) is 17.2. The van der Waals surface area contributed by atoms with Crippen molar-refractivity contribution in [2.45, 2.75) is 51.0 Å². The van der Waals surface area contributed by atoms with Crippen LogP contribution in [0.25, 0.3) is 0 Å². The lowest BCUT2D eigenvalue weighted by molar-refractivity contribution is -0.122. The third-order valence-electron chi connectivity index (χ3n) is 7.36. The van der Waals surface area contributed by atoms with Gasteiger partial charge in [0, 0.05) is 12.1 Å². The molecule has 3 aromatic carbocycles. The Labute approximate surface area is 212 Å². The number of fused-ring (bicyclic) bond motifs is 2. The zero-order chi connectivity index (χ0) is 25.4. The van der Waals surface area contributed by atoms with Crippen molar-refractivity contribution in [2.75, 3.05) is 12.4 Å². The molecule has 36 heavy (non-hydrogen) atoms.